The van der Waals surface area contributed by atoms with Crippen LogP contribution in [-0.2, 0) is 6.42 Å². The number of hydrogen-bond donors (Lipinski definition) is 2. The van der Waals surface area contributed by atoms with Crippen molar-refractivity contribution in [3.05, 3.63) is 41.7 Å². The number of nitrogens with zero attached hydrogens (tertiary/aromatic N) is 5. The molecule has 3 heterocycles. The third-order valence-electron chi connectivity index (χ3n) is 4.29. The first-order valence-electron chi connectivity index (χ1n) is 8.46. The molecular weight excluding hydrogens is 463 g/mol. The number of hydrogen-bond acceptors (Lipinski definition) is 6. The molecule has 142 valence electrons. The Morgan fingerprint density at radius 1 is 1.23 bits per heavy atom. The summed E-state index contributed by atoms with van der Waals surface area (Å²) in [5.74, 6) is 0.586. The van der Waals surface area contributed by atoms with E-state index in [4.69, 9.17) is 5.73 Å². The third kappa shape index (κ3) is 5.78. The first-order chi connectivity index (χ1) is 12.3. The Hall–Kier alpha value is -1.46. The predicted octanol–water partition coefficient (Wildman–Crippen LogP) is 1.44. The van der Waals surface area contributed by atoms with Crippen molar-refractivity contribution < 1.29 is 5.11 Å². The van der Waals surface area contributed by atoms with Crippen LogP contribution >= 0.6 is 35.3 Å². The Kier molecular flexibility index (Phi) is 8.52. The largest absolute Gasteiger partial charge is 0.396 e. The minimum Gasteiger partial charge on any atom is -0.396 e. The Morgan fingerprint density at radius 2 is 2.04 bits per heavy atom. The van der Waals surface area contributed by atoms with Crippen molar-refractivity contribution in [3.8, 4) is 0 Å². The van der Waals surface area contributed by atoms with Gasteiger partial charge in [0.2, 0.25) is 0 Å². The van der Waals surface area contributed by atoms with E-state index in [0.29, 0.717) is 18.9 Å². The summed E-state index contributed by atoms with van der Waals surface area (Å²) in [6.45, 7) is 4.02. The van der Waals surface area contributed by atoms with Crippen LogP contribution in [0.3, 0.4) is 0 Å². The topological polar surface area (TPSA) is 90.9 Å². The van der Waals surface area contributed by atoms with Gasteiger partial charge in [0.1, 0.15) is 0 Å². The molecule has 1 aliphatic rings. The normalized spacial score (nSPS) is 16.3. The van der Waals surface area contributed by atoms with Crippen LogP contribution in [0.5, 0.6) is 0 Å². The molecule has 1 aliphatic heterocycles. The van der Waals surface area contributed by atoms with E-state index in [0.717, 1.165) is 37.0 Å². The molecule has 7 nitrogen and oxygen atoms in total. The van der Waals surface area contributed by atoms with Crippen molar-refractivity contribution in [1.82, 2.24) is 14.9 Å². The molecule has 26 heavy (non-hydrogen) atoms. The zero-order chi connectivity index (χ0) is 17.5. The monoisotopic (exact) mass is 488 g/mol. The van der Waals surface area contributed by atoms with Crippen LogP contribution in [0.25, 0.3) is 0 Å². The predicted molar refractivity (Wildman–Crippen MR) is 116 cm³/mol. The van der Waals surface area contributed by atoms with Gasteiger partial charge < -0.3 is 20.6 Å². The van der Waals surface area contributed by atoms with Crippen LogP contribution in [-0.4, -0.2) is 65.3 Å². The van der Waals surface area contributed by atoms with E-state index in [2.05, 4.69) is 24.8 Å². The summed E-state index contributed by atoms with van der Waals surface area (Å²) in [6.07, 6.45) is 4.30. The smallest absolute Gasteiger partial charge is 0.191 e. The molecule has 1 atom stereocenters. The second-order valence-corrected chi connectivity index (χ2v) is 6.93. The van der Waals surface area contributed by atoms with Crippen molar-refractivity contribution >= 4 is 46.4 Å². The van der Waals surface area contributed by atoms with Crippen molar-refractivity contribution in [2.75, 3.05) is 44.2 Å². The molecular formula is C17H25IN6OS. The molecule has 1 fully saturated rings. The molecule has 0 aliphatic carbocycles. The summed E-state index contributed by atoms with van der Waals surface area (Å²) in [5.41, 5.74) is 7.12. The number of nitrogens with two attached hydrogens (primary N) is 1. The highest BCUT2D eigenvalue weighted by molar-refractivity contribution is 14.0. The van der Waals surface area contributed by atoms with Gasteiger partial charge in [0.15, 0.2) is 11.1 Å². The molecule has 1 saturated heterocycles. The fraction of sp³-hybridized carbons (Fsp3) is 0.471. The number of piperazine rings is 1. The number of aromatic nitrogens is 2. The van der Waals surface area contributed by atoms with Gasteiger partial charge in [0, 0.05) is 68.7 Å². The second kappa shape index (κ2) is 10.6. The molecule has 1 unspecified atom stereocenters. The minimum absolute atomic E-state index is 0. The summed E-state index contributed by atoms with van der Waals surface area (Å²) in [4.78, 5) is 17.5. The van der Waals surface area contributed by atoms with E-state index < -0.39 is 0 Å². The summed E-state index contributed by atoms with van der Waals surface area (Å²) < 4.78 is 0. The number of aliphatic imine (C=N–C) groups is 1. The number of guanidine groups is 1. The maximum atomic E-state index is 9.59. The molecule has 9 heteroatoms. The molecule has 3 rings (SSSR count). The zero-order valence-electron chi connectivity index (χ0n) is 14.6. The quantitative estimate of drug-likeness (QED) is 0.364. The van der Waals surface area contributed by atoms with Gasteiger partial charge in [-0.05, 0) is 18.6 Å². The zero-order valence-corrected chi connectivity index (χ0v) is 17.7. The average Bonchev–Trinajstić information content (AvgIpc) is 3.20. The summed E-state index contributed by atoms with van der Waals surface area (Å²) >= 11 is 1.66. The molecule has 0 saturated carbocycles. The van der Waals surface area contributed by atoms with E-state index >= 15 is 0 Å². The molecule has 0 radical (unpaired) electrons. The van der Waals surface area contributed by atoms with Crippen molar-refractivity contribution in [1.29, 1.82) is 0 Å². The van der Waals surface area contributed by atoms with Gasteiger partial charge in [-0.1, -0.05) is 6.07 Å². The highest BCUT2D eigenvalue weighted by Crippen LogP contribution is 2.18. The second-order valence-electron chi connectivity index (χ2n) is 6.06. The first-order valence-corrected chi connectivity index (χ1v) is 9.34. The summed E-state index contributed by atoms with van der Waals surface area (Å²) in [6, 6.07) is 5.81. The van der Waals surface area contributed by atoms with E-state index in [1.54, 1.807) is 17.5 Å². The lowest BCUT2D eigenvalue weighted by molar-refractivity contribution is 0.228. The van der Waals surface area contributed by atoms with Crippen LogP contribution in [0, 0.1) is 5.92 Å². The lowest BCUT2D eigenvalue weighted by Gasteiger charge is -2.35. The highest BCUT2D eigenvalue weighted by atomic mass is 127. The Bertz CT molecular complexity index is 661. The van der Waals surface area contributed by atoms with Gasteiger partial charge in [-0.15, -0.1) is 35.3 Å². The van der Waals surface area contributed by atoms with Gasteiger partial charge in [-0.2, -0.15) is 0 Å². The van der Waals surface area contributed by atoms with Gasteiger partial charge >= 0.3 is 0 Å². The Labute approximate surface area is 175 Å². The minimum atomic E-state index is 0. The fourth-order valence-corrected chi connectivity index (χ4v) is 3.52. The van der Waals surface area contributed by atoms with Crippen molar-refractivity contribution in [2.45, 2.75) is 6.42 Å². The van der Waals surface area contributed by atoms with Crippen LogP contribution < -0.4 is 10.6 Å². The van der Waals surface area contributed by atoms with Gasteiger partial charge in [-0.3, -0.25) is 9.98 Å². The SMILES string of the molecule is I.NC(=NCC(CO)Cc1ccccn1)N1CCN(c2nccs2)CC1. The fourth-order valence-electron chi connectivity index (χ4n) is 2.82. The molecule has 0 bridgehead atoms. The molecule has 3 N–H and O–H groups in total. The van der Waals surface area contributed by atoms with E-state index in [1.165, 1.54) is 0 Å². The van der Waals surface area contributed by atoms with Gasteiger partial charge in [-0.25, -0.2) is 4.98 Å². The van der Waals surface area contributed by atoms with E-state index in [9.17, 15) is 5.11 Å². The van der Waals surface area contributed by atoms with Crippen molar-refractivity contribution in [3.63, 3.8) is 0 Å². The summed E-state index contributed by atoms with van der Waals surface area (Å²) in [7, 11) is 0. The molecule has 2 aromatic rings. The Balaban J connectivity index is 0.00000243. The lowest BCUT2D eigenvalue weighted by atomic mass is 10.0. The van der Waals surface area contributed by atoms with E-state index in [1.807, 2.05) is 29.8 Å². The number of halogens is 1. The van der Waals surface area contributed by atoms with Gasteiger partial charge in [0.25, 0.3) is 0 Å². The van der Waals surface area contributed by atoms with E-state index in [-0.39, 0.29) is 36.5 Å². The first kappa shape index (κ1) is 20.8. The number of anilines is 1. The average molecular weight is 488 g/mol. The number of pyridine rings is 1. The maximum absolute atomic E-state index is 9.59. The van der Waals surface area contributed by atoms with Crippen LogP contribution in [0.1, 0.15) is 5.69 Å². The molecule has 0 aromatic carbocycles. The number of rotatable bonds is 6. The molecule has 2 aromatic heterocycles. The number of thiazole rings is 1. The lowest BCUT2D eigenvalue weighted by Crippen LogP contribution is -2.51. The van der Waals surface area contributed by atoms with Crippen molar-refractivity contribution in [2.24, 2.45) is 16.6 Å². The maximum Gasteiger partial charge on any atom is 0.191 e. The number of aliphatic hydroxyl groups excluding tert-OH is 1. The Morgan fingerprint density at radius 3 is 2.65 bits per heavy atom. The molecule has 0 spiro atoms. The van der Waals surface area contributed by atoms with Crippen LogP contribution in [0.2, 0.25) is 0 Å². The van der Waals surface area contributed by atoms with Crippen LogP contribution in [0.4, 0.5) is 5.13 Å². The third-order valence-corrected chi connectivity index (χ3v) is 5.12. The molecule has 0 amide bonds. The van der Waals surface area contributed by atoms with Gasteiger partial charge in [0.05, 0.1) is 0 Å². The standard InChI is InChI=1S/C17H24N6OS.HI/c18-16(21-12-14(13-24)11-15-3-1-2-4-19-15)22-6-8-23(9-7-22)17-20-5-10-25-17;/h1-5,10,14,24H,6-9,11-13H2,(H2,18,21);1H. The summed E-state index contributed by atoms with van der Waals surface area (Å²) in [5, 5.41) is 12.6. The number of aliphatic hydroxyl groups is 1. The highest BCUT2D eigenvalue weighted by Gasteiger charge is 2.20. The van der Waals surface area contributed by atoms with Crippen LogP contribution in [0.15, 0.2) is 41.0 Å².